The molecule has 0 spiro atoms. The number of aliphatic hydroxyl groups excluding tert-OH is 1. The quantitative estimate of drug-likeness (QED) is 0.371. The lowest BCUT2D eigenvalue weighted by atomic mass is 9.43. The first kappa shape index (κ1) is 24.0. The molecule has 8 atom stereocenters. The van der Waals surface area contributed by atoms with Gasteiger partial charge in [-0.3, -0.25) is 4.79 Å². The summed E-state index contributed by atoms with van der Waals surface area (Å²) in [5, 5.41) is 10.9. The molecule has 1 saturated heterocycles. The Bertz CT molecular complexity index is 883. The van der Waals surface area contributed by atoms with Crippen LogP contribution in [0.4, 0.5) is 0 Å². The zero-order chi connectivity index (χ0) is 24.2. The van der Waals surface area contributed by atoms with Crippen LogP contribution >= 0.6 is 0 Å². The Kier molecular flexibility index (Phi) is 5.24. The van der Waals surface area contributed by atoms with Crippen LogP contribution in [0.25, 0.3) is 0 Å². The second kappa shape index (κ2) is 7.19. The molecule has 4 aliphatic carbocycles. The molecule has 0 bridgehead atoms. The van der Waals surface area contributed by atoms with Gasteiger partial charge in [-0.25, -0.2) is 0 Å². The Morgan fingerprint density at radius 2 is 1.61 bits per heavy atom. The van der Waals surface area contributed by atoms with Crippen molar-refractivity contribution in [2.45, 2.75) is 131 Å². The number of hydrogen-bond acceptors (Lipinski definition) is 3. The van der Waals surface area contributed by atoms with Crippen LogP contribution in [0.3, 0.4) is 0 Å². The molecule has 2 saturated carbocycles. The van der Waals surface area contributed by atoms with Gasteiger partial charge < -0.3 is 9.84 Å². The number of allylic oxidation sites excluding steroid dienone is 2. The van der Waals surface area contributed by atoms with E-state index in [0.29, 0.717) is 29.0 Å². The van der Waals surface area contributed by atoms with E-state index in [2.05, 4.69) is 55.4 Å². The summed E-state index contributed by atoms with van der Waals surface area (Å²) in [6.07, 6.45) is 9.70. The molecule has 33 heavy (non-hydrogen) atoms. The average Bonchev–Trinajstić information content (AvgIpc) is 3.26. The summed E-state index contributed by atoms with van der Waals surface area (Å²) in [5.74, 6) is 2.14. The predicted octanol–water partition coefficient (Wildman–Crippen LogP) is 6.87. The number of ketones is 1. The van der Waals surface area contributed by atoms with Gasteiger partial charge in [0.05, 0.1) is 11.7 Å². The largest absolute Gasteiger partial charge is 0.390 e. The maximum atomic E-state index is 12.8. The van der Waals surface area contributed by atoms with Gasteiger partial charge in [-0.1, -0.05) is 52.7 Å². The Balaban J connectivity index is 1.43. The minimum absolute atomic E-state index is 0.00815. The van der Waals surface area contributed by atoms with Crippen LogP contribution in [0.1, 0.15) is 113 Å². The fourth-order valence-corrected chi connectivity index (χ4v) is 9.95. The summed E-state index contributed by atoms with van der Waals surface area (Å²) >= 11 is 0. The van der Waals surface area contributed by atoms with Crippen LogP contribution in [-0.2, 0) is 9.53 Å². The molecule has 3 nitrogen and oxygen atoms in total. The Labute approximate surface area is 202 Å². The van der Waals surface area contributed by atoms with Crippen LogP contribution in [0, 0.1) is 39.4 Å². The Hall–Kier alpha value is -0.670. The SMILES string of the molecule is CC(CC(O)C1OC1(C)C)C1CCC2(C)C3=C(CCC12C)C1(C)CCC(=O)C(C)(C)C1CC3. The topological polar surface area (TPSA) is 49.8 Å². The van der Waals surface area contributed by atoms with E-state index in [1.807, 2.05) is 0 Å². The lowest BCUT2D eigenvalue weighted by Gasteiger charge is -2.61. The summed E-state index contributed by atoms with van der Waals surface area (Å²) in [6, 6.07) is 0. The molecule has 1 heterocycles. The first-order valence-corrected chi connectivity index (χ1v) is 13.8. The number of aliphatic hydroxyl groups is 1. The van der Waals surface area contributed by atoms with Crippen molar-refractivity contribution >= 4 is 5.78 Å². The highest BCUT2D eigenvalue weighted by Crippen LogP contribution is 2.72. The van der Waals surface area contributed by atoms with Crippen molar-refractivity contribution in [1.82, 2.24) is 0 Å². The number of carbonyl (C=O) groups is 1. The molecule has 5 aliphatic rings. The van der Waals surface area contributed by atoms with E-state index in [4.69, 9.17) is 4.74 Å². The molecular formula is C30H48O3. The van der Waals surface area contributed by atoms with Crippen molar-refractivity contribution in [2.75, 3.05) is 0 Å². The van der Waals surface area contributed by atoms with Crippen molar-refractivity contribution in [3.63, 3.8) is 0 Å². The number of hydrogen-bond donors (Lipinski definition) is 1. The smallest absolute Gasteiger partial charge is 0.138 e. The zero-order valence-corrected chi connectivity index (χ0v) is 22.5. The van der Waals surface area contributed by atoms with Gasteiger partial charge in [-0.05, 0) is 99.2 Å². The third-order valence-corrected chi connectivity index (χ3v) is 12.3. The standard InChI is InChI=1S/C30H48O3/c1-18(17-22(31)25-27(4,5)33-25)19-11-15-30(8)21-9-10-23-26(2,3)24(32)13-14-28(23,6)20(21)12-16-29(19,30)7/h18-19,22-23,25,31H,9-17H2,1-8H3. The summed E-state index contributed by atoms with van der Waals surface area (Å²) in [5.41, 5.74) is 3.95. The van der Waals surface area contributed by atoms with Gasteiger partial charge in [-0.15, -0.1) is 0 Å². The van der Waals surface area contributed by atoms with Gasteiger partial charge in [0.2, 0.25) is 0 Å². The van der Waals surface area contributed by atoms with Gasteiger partial charge >= 0.3 is 0 Å². The molecule has 8 unspecified atom stereocenters. The van der Waals surface area contributed by atoms with E-state index in [9.17, 15) is 9.90 Å². The highest BCUT2D eigenvalue weighted by Gasteiger charge is 2.63. The van der Waals surface area contributed by atoms with E-state index in [-0.39, 0.29) is 34.1 Å². The summed E-state index contributed by atoms with van der Waals surface area (Å²) < 4.78 is 5.76. The molecule has 1 N–H and O–H groups in total. The summed E-state index contributed by atoms with van der Waals surface area (Å²) in [7, 11) is 0. The van der Waals surface area contributed by atoms with Crippen molar-refractivity contribution < 1.29 is 14.6 Å². The van der Waals surface area contributed by atoms with Gasteiger partial charge in [0.25, 0.3) is 0 Å². The second-order valence-electron chi connectivity index (χ2n) is 14.4. The van der Waals surface area contributed by atoms with Crippen molar-refractivity contribution in [1.29, 1.82) is 0 Å². The highest BCUT2D eigenvalue weighted by atomic mass is 16.6. The number of Topliss-reactive ketones (excluding diaryl/α,β-unsaturated/α-hetero) is 1. The van der Waals surface area contributed by atoms with Crippen molar-refractivity contribution in [3.8, 4) is 0 Å². The molecule has 1 aliphatic heterocycles. The lowest BCUT2D eigenvalue weighted by Crippen LogP contribution is -2.54. The molecule has 0 amide bonds. The third-order valence-electron chi connectivity index (χ3n) is 12.3. The summed E-state index contributed by atoms with van der Waals surface area (Å²) in [4.78, 5) is 12.8. The number of epoxide rings is 1. The van der Waals surface area contributed by atoms with Crippen molar-refractivity contribution in [3.05, 3.63) is 11.1 Å². The lowest BCUT2D eigenvalue weighted by molar-refractivity contribution is -0.139. The van der Waals surface area contributed by atoms with E-state index in [1.165, 1.54) is 38.5 Å². The maximum absolute atomic E-state index is 12.8. The molecular weight excluding hydrogens is 408 g/mol. The van der Waals surface area contributed by atoms with Gasteiger partial charge in [0.15, 0.2) is 0 Å². The molecule has 0 aromatic carbocycles. The summed E-state index contributed by atoms with van der Waals surface area (Å²) in [6.45, 7) is 18.7. The van der Waals surface area contributed by atoms with Crippen molar-refractivity contribution in [2.24, 2.45) is 39.4 Å². The minimum Gasteiger partial charge on any atom is -0.390 e. The van der Waals surface area contributed by atoms with Gasteiger partial charge in [0.1, 0.15) is 11.9 Å². The molecule has 3 heteroatoms. The minimum atomic E-state index is -0.347. The first-order valence-electron chi connectivity index (χ1n) is 13.8. The van der Waals surface area contributed by atoms with Crippen LogP contribution < -0.4 is 0 Å². The van der Waals surface area contributed by atoms with Crippen LogP contribution in [-0.4, -0.2) is 28.7 Å². The molecule has 0 aromatic rings. The monoisotopic (exact) mass is 456 g/mol. The number of fused-ring (bicyclic) bond motifs is 4. The zero-order valence-electron chi connectivity index (χ0n) is 22.5. The Morgan fingerprint density at radius 3 is 2.24 bits per heavy atom. The first-order chi connectivity index (χ1) is 15.2. The van der Waals surface area contributed by atoms with Gasteiger partial charge in [0, 0.05) is 11.8 Å². The average molecular weight is 457 g/mol. The fourth-order valence-electron chi connectivity index (χ4n) is 9.95. The van der Waals surface area contributed by atoms with E-state index in [1.54, 1.807) is 11.1 Å². The molecule has 186 valence electrons. The highest BCUT2D eigenvalue weighted by molar-refractivity contribution is 5.85. The normalized spacial score (nSPS) is 47.4. The predicted molar refractivity (Wildman–Crippen MR) is 133 cm³/mol. The fraction of sp³-hybridized carbons (Fsp3) is 0.900. The van der Waals surface area contributed by atoms with E-state index >= 15 is 0 Å². The number of carbonyl (C=O) groups excluding carboxylic acids is 1. The number of rotatable bonds is 4. The second-order valence-corrected chi connectivity index (χ2v) is 14.4. The Morgan fingerprint density at radius 1 is 0.939 bits per heavy atom. The third kappa shape index (κ3) is 3.16. The van der Waals surface area contributed by atoms with Crippen LogP contribution in [0.15, 0.2) is 11.1 Å². The molecule has 0 radical (unpaired) electrons. The van der Waals surface area contributed by atoms with Crippen LogP contribution in [0.5, 0.6) is 0 Å². The molecule has 5 rings (SSSR count). The van der Waals surface area contributed by atoms with E-state index < -0.39 is 0 Å². The van der Waals surface area contributed by atoms with Crippen LogP contribution in [0.2, 0.25) is 0 Å². The molecule has 3 fully saturated rings. The molecule has 0 aromatic heterocycles. The van der Waals surface area contributed by atoms with Gasteiger partial charge in [-0.2, -0.15) is 0 Å². The number of ether oxygens (including phenoxy) is 1. The maximum Gasteiger partial charge on any atom is 0.138 e. The van der Waals surface area contributed by atoms with E-state index in [0.717, 1.165) is 19.3 Å².